The van der Waals surface area contributed by atoms with Crippen molar-refractivity contribution in [3.05, 3.63) is 52.4 Å². The third kappa shape index (κ3) is 2.87. The van der Waals surface area contributed by atoms with Crippen molar-refractivity contribution in [2.24, 2.45) is 0 Å². The normalized spacial score (nSPS) is 14.9. The lowest BCUT2D eigenvalue weighted by molar-refractivity contribution is -0.135. The van der Waals surface area contributed by atoms with E-state index in [4.69, 9.17) is 4.42 Å². The van der Waals surface area contributed by atoms with Crippen LogP contribution in [0.4, 0.5) is 5.82 Å². The van der Waals surface area contributed by atoms with Gasteiger partial charge in [-0.3, -0.25) is 9.36 Å². The Labute approximate surface area is 156 Å². The number of hydrogen-bond acceptors (Lipinski definition) is 6. The largest absolute Gasteiger partial charge is 0.420 e. The summed E-state index contributed by atoms with van der Waals surface area (Å²) in [6.45, 7) is 2.70. The number of anilines is 1. The first kappa shape index (κ1) is 17.3. The minimum absolute atomic E-state index is 0.126. The van der Waals surface area contributed by atoms with Gasteiger partial charge in [0.1, 0.15) is 18.2 Å². The van der Waals surface area contributed by atoms with E-state index in [-0.39, 0.29) is 5.91 Å². The highest BCUT2D eigenvalue weighted by molar-refractivity contribution is 5.83. The Balaban J connectivity index is 1.63. The number of carbonyl (C=O) groups is 1. The van der Waals surface area contributed by atoms with Crippen molar-refractivity contribution in [1.29, 1.82) is 0 Å². The van der Waals surface area contributed by atoms with Crippen molar-refractivity contribution in [2.45, 2.75) is 25.9 Å². The van der Waals surface area contributed by atoms with Crippen LogP contribution >= 0.6 is 0 Å². The van der Waals surface area contributed by atoms with Gasteiger partial charge in [-0.25, -0.2) is 14.8 Å². The van der Waals surface area contributed by atoms with Crippen molar-refractivity contribution >= 4 is 22.8 Å². The maximum absolute atomic E-state index is 13.1. The number of nitrogens with zero attached hydrogens (tertiary/aromatic N) is 5. The topological polar surface area (TPSA) is 84.5 Å². The van der Waals surface area contributed by atoms with Gasteiger partial charge >= 0.3 is 5.76 Å². The minimum Gasteiger partial charge on any atom is -0.408 e. The molecule has 0 saturated carbocycles. The molecule has 3 heterocycles. The number of aromatic nitrogens is 3. The SMILES string of the molecule is CC(C(=O)N1CCc2c(ncnc2N(C)C)C1)n1c(=O)oc2ccccc21. The van der Waals surface area contributed by atoms with Gasteiger partial charge in [-0.05, 0) is 25.5 Å². The Morgan fingerprint density at radius 2 is 2.04 bits per heavy atom. The average Bonchev–Trinajstić information content (AvgIpc) is 3.01. The molecule has 4 rings (SSSR count). The Kier molecular flexibility index (Phi) is 4.18. The summed E-state index contributed by atoms with van der Waals surface area (Å²) in [6, 6.07) is 6.47. The smallest absolute Gasteiger partial charge is 0.408 e. The van der Waals surface area contributed by atoms with Gasteiger partial charge in [-0.1, -0.05) is 12.1 Å². The molecule has 0 bridgehead atoms. The monoisotopic (exact) mass is 367 g/mol. The van der Waals surface area contributed by atoms with Crippen molar-refractivity contribution in [2.75, 3.05) is 25.5 Å². The van der Waals surface area contributed by atoms with E-state index in [0.717, 1.165) is 17.1 Å². The minimum atomic E-state index is -0.655. The lowest BCUT2D eigenvalue weighted by Crippen LogP contribution is -2.42. The number of oxazole rings is 1. The summed E-state index contributed by atoms with van der Waals surface area (Å²) in [5.74, 6) is 0.239. The van der Waals surface area contributed by atoms with Crippen LogP contribution in [0, 0.1) is 0 Å². The van der Waals surface area contributed by atoms with Crippen molar-refractivity contribution in [3.8, 4) is 0 Å². The number of hydrogen-bond donors (Lipinski definition) is 0. The Morgan fingerprint density at radius 1 is 1.26 bits per heavy atom. The maximum Gasteiger partial charge on any atom is 0.420 e. The van der Waals surface area contributed by atoms with Crippen LogP contribution in [0.3, 0.4) is 0 Å². The van der Waals surface area contributed by atoms with E-state index < -0.39 is 11.8 Å². The van der Waals surface area contributed by atoms with Crippen LogP contribution in [0.1, 0.15) is 24.2 Å². The molecule has 0 fully saturated rings. The molecule has 2 aromatic heterocycles. The van der Waals surface area contributed by atoms with Crippen LogP contribution in [0.5, 0.6) is 0 Å². The predicted octanol–water partition coefficient (Wildman–Crippen LogP) is 1.60. The van der Waals surface area contributed by atoms with Crippen molar-refractivity contribution in [3.63, 3.8) is 0 Å². The first-order valence-corrected chi connectivity index (χ1v) is 8.86. The Morgan fingerprint density at radius 3 is 2.81 bits per heavy atom. The molecule has 8 nitrogen and oxygen atoms in total. The second kappa shape index (κ2) is 6.53. The standard InChI is InChI=1S/C19H21N5O3/c1-12(24-15-6-4-5-7-16(15)27-19(24)26)18(25)23-9-8-13-14(10-23)20-11-21-17(13)22(2)3/h4-7,11-12H,8-10H2,1-3H3. The van der Waals surface area contributed by atoms with Gasteiger partial charge in [0.25, 0.3) is 0 Å². The molecule has 1 unspecified atom stereocenters. The van der Waals surface area contributed by atoms with Crippen molar-refractivity contribution in [1.82, 2.24) is 19.4 Å². The third-order valence-corrected chi connectivity index (χ3v) is 4.98. The molecule has 8 heteroatoms. The molecule has 0 N–H and O–H groups in total. The molecular weight excluding hydrogens is 346 g/mol. The maximum atomic E-state index is 13.1. The molecule has 140 valence electrons. The van der Waals surface area contributed by atoms with E-state index >= 15 is 0 Å². The zero-order valence-corrected chi connectivity index (χ0v) is 15.5. The molecule has 27 heavy (non-hydrogen) atoms. The lowest BCUT2D eigenvalue weighted by atomic mass is 10.0. The summed E-state index contributed by atoms with van der Waals surface area (Å²) < 4.78 is 6.68. The third-order valence-electron chi connectivity index (χ3n) is 4.98. The number of rotatable bonds is 3. The number of benzene rings is 1. The molecule has 0 spiro atoms. The van der Waals surface area contributed by atoms with Gasteiger partial charge in [-0.2, -0.15) is 0 Å². The van der Waals surface area contributed by atoms with E-state index in [0.29, 0.717) is 30.6 Å². The first-order chi connectivity index (χ1) is 13.0. The van der Waals surface area contributed by atoms with E-state index in [9.17, 15) is 9.59 Å². The van der Waals surface area contributed by atoms with Crippen LogP contribution in [-0.2, 0) is 17.8 Å². The second-order valence-electron chi connectivity index (χ2n) is 6.91. The summed E-state index contributed by atoms with van der Waals surface area (Å²) in [5, 5.41) is 0. The van der Waals surface area contributed by atoms with Gasteiger partial charge in [0.2, 0.25) is 5.91 Å². The molecule has 0 radical (unpaired) electrons. The second-order valence-corrected chi connectivity index (χ2v) is 6.91. The first-order valence-electron chi connectivity index (χ1n) is 8.86. The summed E-state index contributed by atoms with van der Waals surface area (Å²) in [4.78, 5) is 37.8. The van der Waals surface area contributed by atoms with E-state index in [1.807, 2.05) is 25.1 Å². The van der Waals surface area contributed by atoms with Crippen LogP contribution in [0.15, 0.2) is 39.8 Å². The highest BCUT2D eigenvalue weighted by atomic mass is 16.4. The zero-order chi connectivity index (χ0) is 19.1. The van der Waals surface area contributed by atoms with E-state index in [1.54, 1.807) is 30.0 Å². The van der Waals surface area contributed by atoms with Gasteiger partial charge in [-0.15, -0.1) is 0 Å². The molecule has 1 aliphatic rings. The van der Waals surface area contributed by atoms with Gasteiger partial charge in [0.05, 0.1) is 17.8 Å². The highest BCUT2D eigenvalue weighted by Crippen LogP contribution is 2.26. The summed E-state index contributed by atoms with van der Waals surface area (Å²) in [5.41, 5.74) is 3.03. The predicted molar refractivity (Wildman–Crippen MR) is 101 cm³/mol. The van der Waals surface area contributed by atoms with Crippen LogP contribution in [0.2, 0.25) is 0 Å². The fourth-order valence-electron chi connectivity index (χ4n) is 3.64. The zero-order valence-electron chi connectivity index (χ0n) is 15.5. The Bertz CT molecular complexity index is 1070. The van der Waals surface area contributed by atoms with E-state index in [1.165, 1.54) is 10.9 Å². The molecule has 1 aliphatic heterocycles. The summed E-state index contributed by atoms with van der Waals surface area (Å²) in [7, 11) is 3.89. The number of amides is 1. The highest BCUT2D eigenvalue weighted by Gasteiger charge is 2.30. The quantitative estimate of drug-likeness (QED) is 0.699. The van der Waals surface area contributed by atoms with Crippen LogP contribution in [0.25, 0.3) is 11.1 Å². The van der Waals surface area contributed by atoms with E-state index in [2.05, 4.69) is 9.97 Å². The summed E-state index contributed by atoms with van der Waals surface area (Å²) in [6.07, 6.45) is 2.21. The molecule has 1 atom stereocenters. The lowest BCUT2D eigenvalue weighted by Gasteiger charge is -2.31. The summed E-state index contributed by atoms with van der Waals surface area (Å²) >= 11 is 0. The van der Waals surface area contributed by atoms with Gasteiger partial charge in [0.15, 0.2) is 5.58 Å². The molecule has 0 saturated heterocycles. The average molecular weight is 367 g/mol. The van der Waals surface area contributed by atoms with Crippen LogP contribution < -0.4 is 10.7 Å². The molecule has 1 amide bonds. The molecular formula is C19H21N5O3. The molecule has 3 aromatic rings. The number of para-hydroxylation sites is 2. The Hall–Kier alpha value is -3.16. The van der Waals surface area contributed by atoms with Crippen LogP contribution in [-0.4, -0.2) is 46.0 Å². The fraction of sp³-hybridized carbons (Fsp3) is 0.368. The van der Waals surface area contributed by atoms with Gasteiger partial charge in [0, 0.05) is 26.2 Å². The number of carbonyl (C=O) groups excluding carboxylic acids is 1. The molecule has 1 aromatic carbocycles. The van der Waals surface area contributed by atoms with Crippen molar-refractivity contribution < 1.29 is 9.21 Å². The number of fused-ring (bicyclic) bond motifs is 2. The molecule has 0 aliphatic carbocycles. The fourth-order valence-corrected chi connectivity index (χ4v) is 3.64. The van der Waals surface area contributed by atoms with Gasteiger partial charge < -0.3 is 14.2 Å².